The molecule has 24 nitrogen and oxygen atoms in total. The van der Waals surface area contributed by atoms with E-state index in [1.807, 2.05) is 0 Å². The summed E-state index contributed by atoms with van der Waals surface area (Å²) < 4.78 is 68.2. The second-order valence-electron chi connectivity index (χ2n) is 10.2. The second kappa shape index (κ2) is 13.8. The molecule has 264 valence electrons. The molecule has 0 amide bonds. The van der Waals surface area contributed by atoms with Crippen molar-refractivity contribution in [2.75, 3.05) is 18.9 Å². The number of nitrogens with zero attached hydrogens (tertiary/aromatic N) is 5. The van der Waals surface area contributed by atoms with E-state index in [0.29, 0.717) is 0 Å². The summed E-state index contributed by atoms with van der Waals surface area (Å²) in [5.74, 6) is -1.34. The number of aliphatic hydroxyl groups excluding tert-OH is 3. The summed E-state index contributed by atoms with van der Waals surface area (Å²) in [6, 6.07) is 2.58. The summed E-state index contributed by atoms with van der Waals surface area (Å²) >= 11 is 0. The lowest BCUT2D eigenvalue weighted by Gasteiger charge is -2.22. The molecule has 0 aromatic carbocycles. The Balaban J connectivity index is 1.22. The Morgan fingerprint density at radius 1 is 0.958 bits per heavy atom. The summed E-state index contributed by atoms with van der Waals surface area (Å²) in [6.45, 7) is -2.12. The number of ether oxygens (including phenoxy) is 2. The first kappa shape index (κ1) is 36.4. The summed E-state index contributed by atoms with van der Waals surface area (Å²) in [7, 11) is -16.4. The predicted molar refractivity (Wildman–Crippen MR) is 149 cm³/mol. The molecule has 10 N–H and O–H groups in total. The molecule has 2 unspecified atom stereocenters. The van der Waals surface area contributed by atoms with Crippen molar-refractivity contribution in [3.05, 3.63) is 42.7 Å². The van der Waals surface area contributed by atoms with E-state index in [-0.39, 0.29) is 22.5 Å². The van der Waals surface area contributed by atoms with Crippen LogP contribution in [0.25, 0.3) is 11.2 Å². The van der Waals surface area contributed by atoms with E-state index < -0.39 is 91.7 Å². The third-order valence-electron chi connectivity index (χ3n) is 6.94. The molecule has 0 radical (unpaired) electrons. The standard InChI is InChI=1S/C21H27N6O18P3/c22-17-12-18(24-7-23-17)27(8-25-12)20-15(30)16(44-46(33,34)35)11(43-20)6-41-48(38,39)45-47(36,37)40-5-10-13(28)14(29)19(42-10)26-3-1-2-9(4-26)21(31)32/h1-4,7-8,10-11,13-16,19-20,28-30H,5-6H2,(H6-,22,23,24,31,32,33,34,35,36,37,38,39)/p+1/t10-,11-,13-,14-,15-,16-,19-,20-/m1/s1. The topological polar surface area (TPSA) is 359 Å². The maximum absolute atomic E-state index is 12.6. The first-order valence-electron chi connectivity index (χ1n) is 13.3. The van der Waals surface area contributed by atoms with Gasteiger partial charge < -0.3 is 55.2 Å². The van der Waals surface area contributed by atoms with E-state index in [1.165, 1.54) is 18.3 Å². The fourth-order valence-corrected chi connectivity index (χ4v) is 7.50. The highest BCUT2D eigenvalue weighted by molar-refractivity contribution is 7.61. The monoisotopic (exact) mass is 745 g/mol. The van der Waals surface area contributed by atoms with E-state index in [2.05, 4.69) is 28.3 Å². The van der Waals surface area contributed by atoms with Crippen molar-refractivity contribution in [3.8, 4) is 0 Å². The lowest BCUT2D eigenvalue weighted by molar-refractivity contribution is -0.765. The minimum atomic E-state index is -5.57. The highest BCUT2D eigenvalue weighted by Crippen LogP contribution is 2.61. The molecule has 0 aliphatic carbocycles. The fraction of sp³-hybridized carbons (Fsp3) is 0.476. The summed E-state index contributed by atoms with van der Waals surface area (Å²) in [5.41, 5.74) is 5.67. The van der Waals surface area contributed by atoms with Crippen LogP contribution in [0.15, 0.2) is 37.2 Å². The van der Waals surface area contributed by atoms with Crippen molar-refractivity contribution in [2.24, 2.45) is 0 Å². The molecule has 3 aromatic rings. The van der Waals surface area contributed by atoms with Crippen LogP contribution < -0.4 is 10.3 Å². The van der Waals surface area contributed by atoms with Gasteiger partial charge in [0.1, 0.15) is 47.9 Å². The number of rotatable bonds is 13. The average Bonchev–Trinajstić information content (AvgIpc) is 3.64. The molecule has 0 spiro atoms. The first-order chi connectivity index (χ1) is 22.4. The molecule has 3 aromatic heterocycles. The molecule has 5 heterocycles. The molecular formula is C21H28N6O18P3+. The SMILES string of the molecule is Nc1ncnc2c1ncn2[C@@H]1O[C@H](COP(=O)(O)OP(=O)(O)OC[C@H]2O[C@@H]([n+]3cccc(C(=O)O)c3)[C@H](O)[C@@H]2O)[C@@H](OP(=O)(O)O)[C@H]1O. The van der Waals surface area contributed by atoms with Crippen molar-refractivity contribution in [1.82, 2.24) is 19.5 Å². The number of aliphatic hydroxyl groups is 3. The molecule has 5 rings (SSSR count). The number of aromatic carboxylic acids is 1. The lowest BCUT2D eigenvalue weighted by atomic mass is 10.1. The Morgan fingerprint density at radius 3 is 2.27 bits per heavy atom. The maximum atomic E-state index is 12.6. The average molecular weight is 745 g/mol. The molecule has 0 saturated carbocycles. The van der Waals surface area contributed by atoms with Crippen LogP contribution in [-0.4, -0.2) is 115 Å². The fourth-order valence-electron chi connectivity index (χ4n) is 4.83. The number of anilines is 1. The van der Waals surface area contributed by atoms with Gasteiger partial charge >= 0.3 is 29.4 Å². The molecule has 10 atom stereocenters. The highest BCUT2D eigenvalue weighted by atomic mass is 31.3. The number of carbonyl (C=O) groups is 1. The summed E-state index contributed by atoms with van der Waals surface area (Å²) in [5, 5.41) is 40.7. The minimum Gasteiger partial charge on any atom is -0.477 e. The van der Waals surface area contributed by atoms with Gasteiger partial charge in [0, 0.05) is 6.07 Å². The summed E-state index contributed by atoms with van der Waals surface area (Å²) in [6.07, 6.45) is -8.76. The number of aromatic nitrogens is 5. The molecule has 2 saturated heterocycles. The van der Waals surface area contributed by atoms with E-state index in [0.717, 1.165) is 28.0 Å². The highest BCUT2D eigenvalue weighted by Gasteiger charge is 2.51. The quantitative estimate of drug-likeness (QED) is 0.0656. The van der Waals surface area contributed by atoms with Crippen LogP contribution >= 0.6 is 23.5 Å². The van der Waals surface area contributed by atoms with Gasteiger partial charge in [0.05, 0.1) is 19.5 Å². The van der Waals surface area contributed by atoms with Crippen LogP contribution in [-0.2, 0) is 41.1 Å². The van der Waals surface area contributed by atoms with Gasteiger partial charge in [0.2, 0.25) is 0 Å². The van der Waals surface area contributed by atoms with Gasteiger partial charge in [-0.2, -0.15) is 8.88 Å². The Labute approximate surface area is 267 Å². The number of phosphoric ester groups is 3. The number of nitrogens with two attached hydrogens (primary N) is 1. The molecule has 2 aliphatic heterocycles. The summed E-state index contributed by atoms with van der Waals surface area (Å²) in [4.78, 5) is 61.9. The van der Waals surface area contributed by atoms with Gasteiger partial charge in [0.25, 0.3) is 6.23 Å². The Bertz CT molecular complexity index is 1810. The van der Waals surface area contributed by atoms with Gasteiger partial charge in [-0.05, 0) is 6.07 Å². The molecule has 0 bridgehead atoms. The number of phosphoric acid groups is 3. The van der Waals surface area contributed by atoms with Crippen molar-refractivity contribution >= 4 is 46.4 Å². The molecule has 2 fully saturated rings. The van der Waals surface area contributed by atoms with E-state index >= 15 is 0 Å². The number of nitrogen functional groups attached to an aromatic ring is 1. The van der Waals surface area contributed by atoms with Crippen LogP contribution in [0.3, 0.4) is 0 Å². The normalized spacial score (nSPS) is 30.3. The first-order valence-corrected chi connectivity index (χ1v) is 17.8. The van der Waals surface area contributed by atoms with Crippen molar-refractivity contribution in [1.29, 1.82) is 0 Å². The number of fused-ring (bicyclic) bond motifs is 1. The number of hydrogen-bond acceptors (Lipinski definition) is 17. The smallest absolute Gasteiger partial charge is 0.477 e. The lowest BCUT2D eigenvalue weighted by Crippen LogP contribution is -2.46. The number of imidazole rings is 1. The zero-order chi connectivity index (χ0) is 35.2. The van der Waals surface area contributed by atoms with E-state index in [1.54, 1.807) is 0 Å². The number of pyridine rings is 1. The third-order valence-corrected chi connectivity index (χ3v) is 10.1. The van der Waals surface area contributed by atoms with Crippen molar-refractivity contribution in [3.63, 3.8) is 0 Å². The van der Waals surface area contributed by atoms with Gasteiger partial charge in [-0.3, -0.25) is 18.1 Å². The molecule has 27 heteroatoms. The Kier molecular flexibility index (Phi) is 10.5. The zero-order valence-corrected chi connectivity index (χ0v) is 26.5. The van der Waals surface area contributed by atoms with Crippen LogP contribution in [0.4, 0.5) is 5.82 Å². The van der Waals surface area contributed by atoms with E-state index in [9.17, 15) is 58.5 Å². The molecule has 2 aliphatic rings. The van der Waals surface area contributed by atoms with Crippen LogP contribution in [0.1, 0.15) is 22.8 Å². The van der Waals surface area contributed by atoms with Crippen LogP contribution in [0.2, 0.25) is 0 Å². The van der Waals surface area contributed by atoms with Gasteiger partial charge in [0.15, 0.2) is 36.2 Å². The maximum Gasteiger partial charge on any atom is 0.481 e. The molecule has 48 heavy (non-hydrogen) atoms. The zero-order valence-electron chi connectivity index (χ0n) is 23.8. The Morgan fingerprint density at radius 2 is 1.62 bits per heavy atom. The second-order valence-corrected chi connectivity index (χ2v) is 14.4. The van der Waals surface area contributed by atoms with Crippen molar-refractivity contribution in [2.45, 2.75) is 49.1 Å². The van der Waals surface area contributed by atoms with Crippen LogP contribution in [0.5, 0.6) is 0 Å². The van der Waals surface area contributed by atoms with Gasteiger partial charge in [-0.25, -0.2) is 33.4 Å². The number of carboxylic acid groups (broad SMARTS) is 1. The third kappa shape index (κ3) is 8.12. The van der Waals surface area contributed by atoms with E-state index in [4.69, 9.17) is 19.7 Å². The van der Waals surface area contributed by atoms with Crippen LogP contribution in [0, 0.1) is 0 Å². The van der Waals surface area contributed by atoms with Gasteiger partial charge in [-0.1, -0.05) is 0 Å². The number of hydrogen-bond donors (Lipinski definition) is 9. The number of carboxylic acids is 1. The predicted octanol–water partition coefficient (Wildman–Crippen LogP) is -2.30. The largest absolute Gasteiger partial charge is 0.481 e. The van der Waals surface area contributed by atoms with Gasteiger partial charge in [-0.15, -0.1) is 0 Å². The van der Waals surface area contributed by atoms with Crippen molar-refractivity contribution < 1.29 is 90.4 Å². The Hall–Kier alpha value is -2.86. The minimum absolute atomic E-state index is 0.0279. The molecular weight excluding hydrogens is 717 g/mol.